The molecule has 4 bridgehead atoms. The molecule has 0 radical (unpaired) electrons. The maximum absolute atomic E-state index is 13.4. The van der Waals surface area contributed by atoms with E-state index in [1.54, 1.807) is 0 Å². The van der Waals surface area contributed by atoms with Gasteiger partial charge >= 0.3 is 6.18 Å². The molecule has 2 unspecified atom stereocenters. The molecule has 0 amide bonds. The van der Waals surface area contributed by atoms with Gasteiger partial charge < -0.3 is 5.11 Å². The molecule has 4 saturated carbocycles. The Labute approximate surface area is 187 Å². The summed E-state index contributed by atoms with van der Waals surface area (Å²) in [5.74, 6) is 0.728. The summed E-state index contributed by atoms with van der Waals surface area (Å²) >= 11 is 0. The Hall–Kier alpha value is -1.45. The summed E-state index contributed by atoms with van der Waals surface area (Å²) in [6.07, 6.45) is -0.539. The minimum atomic E-state index is -4.83. The van der Waals surface area contributed by atoms with Gasteiger partial charge in [-0.05, 0) is 81.8 Å². The van der Waals surface area contributed by atoms with Gasteiger partial charge in [0.25, 0.3) is 0 Å². The number of carbonyl (C=O) groups is 1. The minimum absolute atomic E-state index is 0.0807. The van der Waals surface area contributed by atoms with Crippen LogP contribution in [0.2, 0.25) is 0 Å². The summed E-state index contributed by atoms with van der Waals surface area (Å²) < 4.78 is 67.4. The standard InChI is InChI=1S/C23H30F3NO4S/c1-21(2,27(3)32(30,31)19-7-5-4-6-18(19)23(24,25)26)20(28)10-17-15-8-14-9-16(17)13-22(29,11-14)12-15/h4-7,14-17,29H,8-13H2,1-3H3. The lowest BCUT2D eigenvalue weighted by molar-refractivity contribution is -0.159. The van der Waals surface area contributed by atoms with Gasteiger partial charge in [0.15, 0.2) is 5.78 Å². The molecule has 4 aliphatic carbocycles. The average Bonchev–Trinajstić information content (AvgIpc) is 2.68. The Kier molecular flexibility index (Phi) is 5.58. The number of likely N-dealkylation sites (N-methyl/N-ethyl adjacent to an activating group) is 1. The van der Waals surface area contributed by atoms with Crippen LogP contribution in [0.4, 0.5) is 13.2 Å². The van der Waals surface area contributed by atoms with Crippen LogP contribution in [-0.4, -0.2) is 41.8 Å². The summed E-state index contributed by atoms with van der Waals surface area (Å²) in [7, 11) is -3.41. The monoisotopic (exact) mass is 473 g/mol. The molecule has 0 spiro atoms. The number of hydrogen-bond acceptors (Lipinski definition) is 4. The van der Waals surface area contributed by atoms with Crippen LogP contribution in [0.25, 0.3) is 0 Å². The van der Waals surface area contributed by atoms with Crippen molar-refractivity contribution >= 4 is 15.8 Å². The first-order valence-electron chi connectivity index (χ1n) is 11.1. The lowest BCUT2D eigenvalue weighted by Gasteiger charge is -2.58. The topological polar surface area (TPSA) is 74.7 Å². The first-order chi connectivity index (χ1) is 14.6. The highest BCUT2D eigenvalue weighted by molar-refractivity contribution is 7.89. The molecule has 178 valence electrons. The Bertz CT molecular complexity index is 1000. The van der Waals surface area contributed by atoms with Crippen LogP contribution >= 0.6 is 0 Å². The molecule has 4 fully saturated rings. The molecule has 9 heteroatoms. The summed E-state index contributed by atoms with van der Waals surface area (Å²) in [6, 6.07) is 4.03. The van der Waals surface area contributed by atoms with Gasteiger partial charge in [-0.3, -0.25) is 4.79 Å². The van der Waals surface area contributed by atoms with Gasteiger partial charge in [-0.25, -0.2) is 8.42 Å². The van der Waals surface area contributed by atoms with E-state index < -0.39 is 37.8 Å². The van der Waals surface area contributed by atoms with Gasteiger partial charge in [-0.15, -0.1) is 0 Å². The molecule has 0 heterocycles. The molecule has 0 saturated heterocycles. The highest BCUT2D eigenvalue weighted by atomic mass is 32.2. The molecular weight excluding hydrogens is 443 g/mol. The highest BCUT2D eigenvalue weighted by Gasteiger charge is 2.55. The van der Waals surface area contributed by atoms with Crippen LogP contribution in [0.15, 0.2) is 29.2 Å². The van der Waals surface area contributed by atoms with Gasteiger partial charge in [0.1, 0.15) is 0 Å². The summed E-state index contributed by atoms with van der Waals surface area (Å²) in [5.41, 5.74) is -3.39. The van der Waals surface area contributed by atoms with E-state index in [1.165, 1.54) is 27.0 Å². The van der Waals surface area contributed by atoms with Crippen LogP contribution in [0, 0.1) is 23.7 Å². The molecule has 4 aliphatic rings. The number of hydrogen-bond donors (Lipinski definition) is 1. The average molecular weight is 474 g/mol. The molecule has 5 nitrogen and oxygen atoms in total. The van der Waals surface area contributed by atoms with Crippen molar-refractivity contribution in [2.24, 2.45) is 23.7 Å². The van der Waals surface area contributed by atoms with Gasteiger partial charge in [-0.1, -0.05) is 12.1 Å². The fourth-order valence-electron chi connectivity index (χ4n) is 6.43. The number of benzene rings is 1. The Morgan fingerprint density at radius 1 is 1.12 bits per heavy atom. The lowest BCUT2D eigenvalue weighted by Crippen LogP contribution is -2.56. The number of sulfonamides is 1. The third-order valence-corrected chi connectivity index (χ3v) is 10.2. The van der Waals surface area contributed by atoms with E-state index in [4.69, 9.17) is 0 Å². The molecule has 1 N–H and O–H groups in total. The lowest BCUT2D eigenvalue weighted by atomic mass is 9.49. The highest BCUT2D eigenvalue weighted by Crippen LogP contribution is 2.59. The predicted molar refractivity (Wildman–Crippen MR) is 112 cm³/mol. The Morgan fingerprint density at radius 3 is 2.22 bits per heavy atom. The summed E-state index contributed by atoms with van der Waals surface area (Å²) in [5, 5.41) is 10.8. The third-order valence-electron chi connectivity index (χ3n) is 8.16. The zero-order valence-corrected chi connectivity index (χ0v) is 19.3. The van der Waals surface area contributed by atoms with Crippen LogP contribution in [-0.2, 0) is 21.0 Å². The fourth-order valence-corrected chi connectivity index (χ4v) is 8.14. The second-order valence-electron chi connectivity index (χ2n) is 10.5. The number of aliphatic hydroxyl groups is 1. The van der Waals surface area contributed by atoms with Gasteiger partial charge in [0, 0.05) is 13.5 Å². The number of nitrogens with zero attached hydrogens (tertiary/aromatic N) is 1. The van der Waals surface area contributed by atoms with Crippen molar-refractivity contribution in [1.82, 2.24) is 4.31 Å². The Balaban J connectivity index is 1.56. The van der Waals surface area contributed by atoms with Crippen molar-refractivity contribution in [3.63, 3.8) is 0 Å². The third kappa shape index (κ3) is 3.90. The quantitative estimate of drug-likeness (QED) is 0.670. The van der Waals surface area contributed by atoms with Crippen molar-refractivity contribution in [3.05, 3.63) is 29.8 Å². The molecule has 2 atom stereocenters. The number of alkyl halides is 3. The van der Waals surface area contributed by atoms with Crippen molar-refractivity contribution in [2.75, 3.05) is 7.05 Å². The predicted octanol–water partition coefficient (Wildman–Crippen LogP) is 4.25. The van der Waals surface area contributed by atoms with Crippen LogP contribution in [0.3, 0.4) is 0 Å². The first kappa shape index (κ1) is 23.7. The van der Waals surface area contributed by atoms with Crippen LogP contribution in [0.5, 0.6) is 0 Å². The van der Waals surface area contributed by atoms with E-state index in [-0.39, 0.29) is 30.0 Å². The number of Topliss-reactive ketones (excluding diaryl/α,β-unsaturated/α-hetero) is 1. The summed E-state index contributed by atoms with van der Waals surface area (Å²) in [4.78, 5) is 12.5. The molecule has 5 rings (SSSR count). The minimum Gasteiger partial charge on any atom is -0.390 e. The first-order valence-corrected chi connectivity index (χ1v) is 12.5. The van der Waals surface area contributed by atoms with Crippen molar-refractivity contribution in [2.45, 2.75) is 74.6 Å². The number of ketones is 1. The fraction of sp³-hybridized carbons (Fsp3) is 0.696. The molecule has 0 aliphatic heterocycles. The Morgan fingerprint density at radius 2 is 1.69 bits per heavy atom. The maximum Gasteiger partial charge on any atom is 0.417 e. The van der Waals surface area contributed by atoms with Crippen LogP contribution < -0.4 is 0 Å². The zero-order chi connectivity index (χ0) is 23.7. The number of carbonyl (C=O) groups excluding carboxylic acids is 1. The number of halogens is 3. The zero-order valence-electron chi connectivity index (χ0n) is 18.5. The molecule has 1 aromatic rings. The largest absolute Gasteiger partial charge is 0.417 e. The van der Waals surface area contributed by atoms with Crippen LogP contribution in [0.1, 0.15) is 57.9 Å². The van der Waals surface area contributed by atoms with Gasteiger partial charge in [0.2, 0.25) is 10.0 Å². The maximum atomic E-state index is 13.4. The van der Waals surface area contributed by atoms with Crippen molar-refractivity contribution in [3.8, 4) is 0 Å². The van der Waals surface area contributed by atoms with E-state index >= 15 is 0 Å². The smallest absolute Gasteiger partial charge is 0.390 e. The van der Waals surface area contributed by atoms with Crippen molar-refractivity contribution in [1.29, 1.82) is 0 Å². The normalized spacial score (nSPS) is 32.5. The van der Waals surface area contributed by atoms with Gasteiger partial charge in [0.05, 0.1) is 21.6 Å². The number of rotatable bonds is 6. The van der Waals surface area contributed by atoms with Gasteiger partial charge in [-0.2, -0.15) is 17.5 Å². The molecule has 32 heavy (non-hydrogen) atoms. The second kappa shape index (κ2) is 7.53. The second-order valence-corrected chi connectivity index (χ2v) is 12.4. The van der Waals surface area contributed by atoms with E-state index in [9.17, 15) is 31.5 Å². The van der Waals surface area contributed by atoms with E-state index in [0.29, 0.717) is 18.8 Å². The SMILES string of the molecule is CN(C(C)(C)C(=O)CC1C2CC3CC1CC(O)(C3)C2)S(=O)(=O)c1ccccc1C(F)(F)F. The van der Waals surface area contributed by atoms with Crippen molar-refractivity contribution < 1.29 is 31.5 Å². The van der Waals surface area contributed by atoms with E-state index in [0.717, 1.165) is 41.8 Å². The van der Waals surface area contributed by atoms with E-state index in [1.807, 2.05) is 0 Å². The molecular formula is C23H30F3NO4S. The molecule has 0 aromatic heterocycles. The summed E-state index contributed by atoms with van der Waals surface area (Å²) in [6.45, 7) is 2.90. The molecule has 1 aromatic carbocycles. The van der Waals surface area contributed by atoms with E-state index in [2.05, 4.69) is 0 Å².